The Morgan fingerprint density at radius 3 is 2.64 bits per heavy atom. The molecule has 0 fully saturated rings. The van der Waals surface area contributed by atoms with E-state index in [2.05, 4.69) is 15.3 Å². The number of hydrogen-bond donors (Lipinski definition) is 2. The van der Waals surface area contributed by atoms with Crippen LogP contribution in [0.4, 0.5) is 15.8 Å². The summed E-state index contributed by atoms with van der Waals surface area (Å²) in [5.74, 6) is -0.402. The second-order valence-corrected chi connectivity index (χ2v) is 6.27. The summed E-state index contributed by atoms with van der Waals surface area (Å²) in [6, 6.07) is 10.1. The number of anilines is 2. The van der Waals surface area contributed by atoms with Crippen molar-refractivity contribution in [1.82, 2.24) is 9.97 Å². The van der Waals surface area contributed by atoms with E-state index >= 15 is 0 Å². The number of aldehydes is 1. The van der Waals surface area contributed by atoms with Crippen molar-refractivity contribution >= 4 is 17.7 Å². The van der Waals surface area contributed by atoms with Crippen LogP contribution in [0.1, 0.15) is 30.0 Å². The SMILES string of the molecule is O=CC1CCCc2[nH]c(-c3ccncc3)c(Nc3ccc(F)cc3)c21. The van der Waals surface area contributed by atoms with Gasteiger partial charge in [0.05, 0.1) is 11.4 Å². The van der Waals surface area contributed by atoms with E-state index in [4.69, 9.17) is 0 Å². The fourth-order valence-corrected chi connectivity index (χ4v) is 3.49. The highest BCUT2D eigenvalue weighted by Gasteiger charge is 2.28. The zero-order valence-electron chi connectivity index (χ0n) is 13.6. The number of carbonyl (C=O) groups is 1. The van der Waals surface area contributed by atoms with Crippen molar-refractivity contribution in [3.63, 3.8) is 0 Å². The Balaban J connectivity index is 1.85. The first-order chi connectivity index (χ1) is 12.3. The smallest absolute Gasteiger partial charge is 0.127 e. The molecule has 1 atom stereocenters. The molecule has 4 nitrogen and oxygen atoms in total. The van der Waals surface area contributed by atoms with Crippen molar-refractivity contribution < 1.29 is 9.18 Å². The lowest BCUT2D eigenvalue weighted by Gasteiger charge is -2.20. The molecule has 25 heavy (non-hydrogen) atoms. The largest absolute Gasteiger partial charge is 0.356 e. The van der Waals surface area contributed by atoms with E-state index in [-0.39, 0.29) is 11.7 Å². The molecule has 0 saturated heterocycles. The summed E-state index contributed by atoms with van der Waals surface area (Å²) in [5.41, 5.74) is 5.74. The lowest BCUT2D eigenvalue weighted by Crippen LogP contribution is -2.11. The Hall–Kier alpha value is -2.95. The van der Waals surface area contributed by atoms with E-state index in [9.17, 15) is 9.18 Å². The zero-order chi connectivity index (χ0) is 17.2. The molecule has 0 amide bonds. The number of H-pyrrole nitrogens is 1. The van der Waals surface area contributed by atoms with Crippen molar-refractivity contribution in [2.45, 2.75) is 25.2 Å². The van der Waals surface area contributed by atoms with Gasteiger partial charge in [0.15, 0.2) is 0 Å². The molecule has 1 aliphatic carbocycles. The first kappa shape index (κ1) is 15.6. The molecular formula is C20H18FN3O. The molecule has 3 aromatic rings. The van der Waals surface area contributed by atoms with Crippen LogP contribution in [0, 0.1) is 5.82 Å². The minimum atomic E-state index is -0.276. The highest BCUT2D eigenvalue weighted by molar-refractivity contribution is 5.85. The first-order valence-electron chi connectivity index (χ1n) is 8.39. The fourth-order valence-electron chi connectivity index (χ4n) is 3.49. The normalized spacial score (nSPS) is 16.3. The van der Waals surface area contributed by atoms with E-state index in [1.54, 1.807) is 24.5 Å². The van der Waals surface area contributed by atoms with Gasteiger partial charge in [-0.2, -0.15) is 0 Å². The van der Waals surface area contributed by atoms with Crippen LogP contribution in [-0.2, 0) is 11.2 Å². The topological polar surface area (TPSA) is 57.8 Å². The van der Waals surface area contributed by atoms with Crippen LogP contribution in [0.25, 0.3) is 11.3 Å². The van der Waals surface area contributed by atoms with Crippen LogP contribution in [-0.4, -0.2) is 16.3 Å². The second-order valence-electron chi connectivity index (χ2n) is 6.27. The fraction of sp³-hybridized carbons (Fsp3) is 0.200. The highest BCUT2D eigenvalue weighted by Crippen LogP contribution is 2.42. The van der Waals surface area contributed by atoms with Crippen LogP contribution >= 0.6 is 0 Å². The summed E-state index contributed by atoms with van der Waals surface area (Å²) in [5, 5.41) is 3.39. The van der Waals surface area contributed by atoms with E-state index in [0.717, 1.165) is 59.4 Å². The second kappa shape index (κ2) is 6.51. The van der Waals surface area contributed by atoms with E-state index < -0.39 is 0 Å². The van der Waals surface area contributed by atoms with Gasteiger partial charge in [-0.05, 0) is 55.7 Å². The Labute approximate surface area is 145 Å². The van der Waals surface area contributed by atoms with Gasteiger partial charge in [-0.1, -0.05) is 0 Å². The van der Waals surface area contributed by atoms with Gasteiger partial charge in [-0.15, -0.1) is 0 Å². The van der Waals surface area contributed by atoms with Gasteiger partial charge in [-0.3, -0.25) is 4.98 Å². The van der Waals surface area contributed by atoms with Crippen LogP contribution < -0.4 is 5.32 Å². The lowest BCUT2D eigenvalue weighted by atomic mass is 9.86. The summed E-state index contributed by atoms with van der Waals surface area (Å²) in [6.45, 7) is 0. The Morgan fingerprint density at radius 1 is 1.16 bits per heavy atom. The van der Waals surface area contributed by atoms with Gasteiger partial charge in [0, 0.05) is 40.8 Å². The van der Waals surface area contributed by atoms with Crippen molar-refractivity contribution in [2.24, 2.45) is 0 Å². The number of aryl methyl sites for hydroxylation is 1. The number of fused-ring (bicyclic) bond motifs is 1. The molecule has 0 aliphatic heterocycles. The average molecular weight is 335 g/mol. The van der Waals surface area contributed by atoms with Gasteiger partial charge >= 0.3 is 0 Å². The van der Waals surface area contributed by atoms with Crippen molar-refractivity contribution in [2.75, 3.05) is 5.32 Å². The number of nitrogens with zero attached hydrogens (tertiary/aromatic N) is 1. The minimum Gasteiger partial charge on any atom is -0.356 e. The summed E-state index contributed by atoms with van der Waals surface area (Å²) >= 11 is 0. The number of halogens is 1. The lowest BCUT2D eigenvalue weighted by molar-refractivity contribution is -0.109. The first-order valence-corrected chi connectivity index (χ1v) is 8.39. The molecule has 4 rings (SSSR count). The molecule has 1 aliphatic rings. The standard InChI is InChI=1S/C20H18FN3O/c21-15-4-6-16(7-5-15)23-20-18-14(12-25)2-1-3-17(18)24-19(20)13-8-10-22-11-9-13/h4-12,14,23-24H,1-3H2. The molecule has 0 bridgehead atoms. The van der Waals surface area contributed by atoms with Gasteiger partial charge in [0.2, 0.25) is 0 Å². The third-order valence-corrected chi connectivity index (χ3v) is 4.68. The third kappa shape index (κ3) is 2.93. The Bertz CT molecular complexity index is 887. The number of aromatic amines is 1. The van der Waals surface area contributed by atoms with Crippen LogP contribution in [0.3, 0.4) is 0 Å². The number of carbonyl (C=O) groups excluding carboxylic acids is 1. The van der Waals surface area contributed by atoms with E-state index in [0.29, 0.717) is 0 Å². The maximum Gasteiger partial charge on any atom is 0.127 e. The molecule has 2 N–H and O–H groups in total. The number of rotatable bonds is 4. The van der Waals surface area contributed by atoms with E-state index in [1.165, 1.54) is 12.1 Å². The molecule has 1 unspecified atom stereocenters. The number of nitrogens with one attached hydrogen (secondary N) is 2. The Morgan fingerprint density at radius 2 is 1.92 bits per heavy atom. The molecule has 2 heterocycles. The predicted molar refractivity (Wildman–Crippen MR) is 95.4 cm³/mol. The molecule has 126 valence electrons. The molecule has 0 spiro atoms. The van der Waals surface area contributed by atoms with Gasteiger partial charge < -0.3 is 15.1 Å². The monoisotopic (exact) mass is 335 g/mol. The summed E-state index contributed by atoms with van der Waals surface area (Å²) in [6.07, 6.45) is 7.27. The Kier molecular flexibility index (Phi) is 4.06. The van der Waals surface area contributed by atoms with Crippen LogP contribution in [0.5, 0.6) is 0 Å². The van der Waals surface area contributed by atoms with Crippen molar-refractivity contribution in [3.05, 3.63) is 65.9 Å². The van der Waals surface area contributed by atoms with Gasteiger partial charge in [0.1, 0.15) is 12.1 Å². The predicted octanol–water partition coefficient (Wildman–Crippen LogP) is 4.58. The minimum absolute atomic E-state index is 0.126. The van der Waals surface area contributed by atoms with E-state index in [1.807, 2.05) is 12.1 Å². The number of hydrogen-bond acceptors (Lipinski definition) is 3. The summed E-state index contributed by atoms with van der Waals surface area (Å²) in [4.78, 5) is 19.2. The third-order valence-electron chi connectivity index (χ3n) is 4.68. The number of pyridine rings is 1. The maximum atomic E-state index is 13.2. The molecule has 5 heteroatoms. The molecule has 2 aromatic heterocycles. The number of benzene rings is 1. The molecule has 0 saturated carbocycles. The highest BCUT2D eigenvalue weighted by atomic mass is 19.1. The van der Waals surface area contributed by atoms with Gasteiger partial charge in [-0.25, -0.2) is 4.39 Å². The average Bonchev–Trinajstić information content (AvgIpc) is 3.03. The number of aromatic nitrogens is 2. The van der Waals surface area contributed by atoms with Crippen LogP contribution in [0.15, 0.2) is 48.8 Å². The van der Waals surface area contributed by atoms with Crippen molar-refractivity contribution in [1.29, 1.82) is 0 Å². The quantitative estimate of drug-likeness (QED) is 0.686. The maximum absolute atomic E-state index is 13.2. The van der Waals surface area contributed by atoms with Crippen molar-refractivity contribution in [3.8, 4) is 11.3 Å². The molecule has 0 radical (unpaired) electrons. The van der Waals surface area contributed by atoms with Gasteiger partial charge in [0.25, 0.3) is 0 Å². The molecule has 1 aromatic carbocycles. The molecular weight excluding hydrogens is 317 g/mol. The van der Waals surface area contributed by atoms with Crippen LogP contribution in [0.2, 0.25) is 0 Å². The summed E-state index contributed by atoms with van der Waals surface area (Å²) in [7, 11) is 0. The summed E-state index contributed by atoms with van der Waals surface area (Å²) < 4.78 is 13.2. The zero-order valence-corrected chi connectivity index (χ0v) is 13.6.